The van der Waals surface area contributed by atoms with E-state index in [0.717, 1.165) is 6.04 Å². The van der Waals surface area contributed by atoms with Crippen molar-refractivity contribution in [3.63, 3.8) is 0 Å². The molecule has 2 unspecified atom stereocenters. The fraction of sp³-hybridized carbons (Fsp3) is 1.00. The van der Waals surface area contributed by atoms with E-state index >= 15 is 0 Å². The molecule has 110 valence electrons. The van der Waals surface area contributed by atoms with E-state index in [1.54, 1.807) is 0 Å². The number of piperidine rings is 2. The van der Waals surface area contributed by atoms with Crippen LogP contribution in [0.25, 0.3) is 0 Å². The summed E-state index contributed by atoms with van der Waals surface area (Å²) in [5, 5.41) is 3.77. The third kappa shape index (κ3) is 3.14. The van der Waals surface area contributed by atoms with Gasteiger partial charge < -0.3 is 5.32 Å². The third-order valence-electron chi connectivity index (χ3n) is 5.69. The summed E-state index contributed by atoms with van der Waals surface area (Å²) in [6.07, 6.45) is 7.03. The molecule has 3 fully saturated rings. The first kappa shape index (κ1) is 13.8. The molecule has 1 N–H and O–H groups in total. The minimum absolute atomic E-state index is 0.474. The first-order valence-corrected chi connectivity index (χ1v) is 8.35. The molecule has 3 heteroatoms. The molecule has 0 aromatic carbocycles. The monoisotopic (exact) mass is 265 g/mol. The molecule has 0 aromatic rings. The quantitative estimate of drug-likeness (QED) is 0.823. The molecule has 3 rings (SSSR count). The number of hydrogen-bond acceptors (Lipinski definition) is 3. The van der Waals surface area contributed by atoms with E-state index in [-0.39, 0.29) is 0 Å². The zero-order chi connectivity index (χ0) is 13.3. The lowest BCUT2D eigenvalue weighted by atomic mass is 9.77. The zero-order valence-electron chi connectivity index (χ0n) is 12.8. The second-order valence-electron chi connectivity index (χ2n) is 7.54. The van der Waals surface area contributed by atoms with Crippen molar-refractivity contribution in [1.82, 2.24) is 15.1 Å². The maximum absolute atomic E-state index is 3.77. The minimum atomic E-state index is 0.474. The van der Waals surface area contributed by atoms with Gasteiger partial charge in [0.15, 0.2) is 0 Å². The van der Waals surface area contributed by atoms with Crippen molar-refractivity contribution in [1.29, 1.82) is 0 Å². The second-order valence-corrected chi connectivity index (χ2v) is 7.54. The van der Waals surface area contributed by atoms with Gasteiger partial charge in [0.05, 0.1) is 0 Å². The normalized spacial score (nSPS) is 36.9. The highest BCUT2D eigenvalue weighted by atomic mass is 15.3. The minimum Gasteiger partial charge on any atom is -0.312 e. The average molecular weight is 265 g/mol. The molecule has 19 heavy (non-hydrogen) atoms. The Labute approximate surface area is 118 Å². The first-order chi connectivity index (χ1) is 9.15. The van der Waals surface area contributed by atoms with Gasteiger partial charge in [-0.1, -0.05) is 20.3 Å². The Morgan fingerprint density at radius 3 is 2.84 bits per heavy atom. The second kappa shape index (κ2) is 5.71. The van der Waals surface area contributed by atoms with Gasteiger partial charge in [-0.05, 0) is 44.2 Å². The Hall–Kier alpha value is -0.120. The van der Waals surface area contributed by atoms with Crippen LogP contribution < -0.4 is 5.32 Å². The summed E-state index contributed by atoms with van der Waals surface area (Å²) in [5.41, 5.74) is 0.474. The van der Waals surface area contributed by atoms with Crippen LogP contribution in [0.15, 0.2) is 0 Å². The van der Waals surface area contributed by atoms with Gasteiger partial charge in [-0.15, -0.1) is 0 Å². The van der Waals surface area contributed by atoms with Crippen molar-refractivity contribution >= 4 is 0 Å². The molecule has 3 saturated heterocycles. The number of nitrogens with zero attached hydrogens (tertiary/aromatic N) is 2. The summed E-state index contributed by atoms with van der Waals surface area (Å²) in [6, 6.07) is 1.55. The summed E-state index contributed by atoms with van der Waals surface area (Å²) in [4.78, 5) is 5.47. The van der Waals surface area contributed by atoms with Crippen molar-refractivity contribution in [2.45, 2.75) is 58.0 Å². The van der Waals surface area contributed by atoms with Gasteiger partial charge in [-0.2, -0.15) is 0 Å². The Kier molecular flexibility index (Phi) is 4.16. The molecule has 0 amide bonds. The van der Waals surface area contributed by atoms with Crippen LogP contribution in [0, 0.1) is 5.41 Å². The Morgan fingerprint density at radius 2 is 2.00 bits per heavy atom. The molecule has 3 heterocycles. The maximum Gasteiger partial charge on any atom is 0.0246 e. The zero-order valence-corrected chi connectivity index (χ0v) is 12.8. The van der Waals surface area contributed by atoms with Crippen LogP contribution in [0.3, 0.4) is 0 Å². The molecule has 3 aliphatic rings. The first-order valence-electron chi connectivity index (χ1n) is 8.35. The van der Waals surface area contributed by atoms with Crippen molar-refractivity contribution < 1.29 is 0 Å². The van der Waals surface area contributed by atoms with Gasteiger partial charge in [-0.3, -0.25) is 9.80 Å². The number of nitrogens with one attached hydrogen (secondary N) is 1. The Morgan fingerprint density at radius 1 is 1.11 bits per heavy atom. The molecule has 0 bridgehead atoms. The van der Waals surface area contributed by atoms with Crippen LogP contribution in [0.5, 0.6) is 0 Å². The fourth-order valence-electron chi connectivity index (χ4n) is 4.23. The standard InChI is InChI=1S/C16H31N3/c1-16(2)7-5-8-17-15(16)13-18-10-11-19-9-4-3-6-14(19)12-18/h14-15,17H,3-13H2,1-2H3. The van der Waals surface area contributed by atoms with Crippen LogP contribution >= 0.6 is 0 Å². The van der Waals surface area contributed by atoms with Crippen LogP contribution in [0.2, 0.25) is 0 Å². The van der Waals surface area contributed by atoms with Crippen molar-refractivity contribution in [3.8, 4) is 0 Å². The van der Waals surface area contributed by atoms with E-state index in [0.29, 0.717) is 11.5 Å². The van der Waals surface area contributed by atoms with E-state index in [1.165, 1.54) is 71.4 Å². The van der Waals surface area contributed by atoms with Gasteiger partial charge in [0, 0.05) is 38.3 Å². The summed E-state index contributed by atoms with van der Waals surface area (Å²) in [6.45, 7) is 12.6. The predicted molar refractivity (Wildman–Crippen MR) is 80.5 cm³/mol. The highest BCUT2D eigenvalue weighted by Crippen LogP contribution is 2.31. The number of rotatable bonds is 2. The van der Waals surface area contributed by atoms with E-state index in [2.05, 4.69) is 29.0 Å². The Bertz CT molecular complexity index is 302. The van der Waals surface area contributed by atoms with Crippen LogP contribution in [0.1, 0.15) is 46.0 Å². The molecule has 0 spiro atoms. The lowest BCUT2D eigenvalue weighted by Gasteiger charge is -2.47. The SMILES string of the molecule is CC1(C)CCCNC1CN1CCN2CCCCC2C1. The molecular weight excluding hydrogens is 234 g/mol. The molecule has 3 aliphatic heterocycles. The molecule has 3 nitrogen and oxygen atoms in total. The topological polar surface area (TPSA) is 18.5 Å². The van der Waals surface area contributed by atoms with Crippen LogP contribution in [-0.4, -0.2) is 61.2 Å². The van der Waals surface area contributed by atoms with Crippen molar-refractivity contribution in [2.75, 3.05) is 39.3 Å². The van der Waals surface area contributed by atoms with Crippen molar-refractivity contribution in [2.24, 2.45) is 5.41 Å². The molecule has 0 radical (unpaired) electrons. The number of fused-ring (bicyclic) bond motifs is 1. The van der Waals surface area contributed by atoms with Crippen LogP contribution in [-0.2, 0) is 0 Å². The van der Waals surface area contributed by atoms with Gasteiger partial charge in [-0.25, -0.2) is 0 Å². The lowest BCUT2D eigenvalue weighted by molar-refractivity contribution is 0.0304. The maximum atomic E-state index is 3.77. The van der Waals surface area contributed by atoms with E-state index in [4.69, 9.17) is 0 Å². The Balaban J connectivity index is 1.55. The smallest absolute Gasteiger partial charge is 0.0246 e. The van der Waals surface area contributed by atoms with Gasteiger partial charge in [0.25, 0.3) is 0 Å². The van der Waals surface area contributed by atoms with E-state index < -0.39 is 0 Å². The number of hydrogen-bond donors (Lipinski definition) is 1. The summed E-state index contributed by atoms with van der Waals surface area (Å²) in [7, 11) is 0. The predicted octanol–water partition coefficient (Wildman–Crippen LogP) is 1.93. The largest absolute Gasteiger partial charge is 0.312 e. The van der Waals surface area contributed by atoms with Crippen LogP contribution in [0.4, 0.5) is 0 Å². The highest BCUT2D eigenvalue weighted by Gasteiger charge is 2.35. The summed E-state index contributed by atoms with van der Waals surface area (Å²) in [5.74, 6) is 0. The summed E-state index contributed by atoms with van der Waals surface area (Å²) >= 11 is 0. The van der Waals surface area contributed by atoms with Crippen molar-refractivity contribution in [3.05, 3.63) is 0 Å². The average Bonchev–Trinajstić information content (AvgIpc) is 2.41. The number of piperazine rings is 1. The molecular formula is C16H31N3. The molecule has 0 aromatic heterocycles. The van der Waals surface area contributed by atoms with E-state index in [1.807, 2.05) is 0 Å². The molecule has 0 aliphatic carbocycles. The van der Waals surface area contributed by atoms with Gasteiger partial charge in [0.2, 0.25) is 0 Å². The summed E-state index contributed by atoms with van der Waals surface area (Å²) < 4.78 is 0. The highest BCUT2D eigenvalue weighted by molar-refractivity contribution is 4.93. The van der Waals surface area contributed by atoms with Gasteiger partial charge >= 0.3 is 0 Å². The van der Waals surface area contributed by atoms with Gasteiger partial charge in [0.1, 0.15) is 0 Å². The molecule has 0 saturated carbocycles. The van der Waals surface area contributed by atoms with E-state index in [9.17, 15) is 0 Å². The third-order valence-corrected chi connectivity index (χ3v) is 5.69. The molecule has 2 atom stereocenters. The lowest BCUT2D eigenvalue weighted by Crippen LogP contribution is -2.59. The fourth-order valence-corrected chi connectivity index (χ4v) is 4.23.